The first-order valence-corrected chi connectivity index (χ1v) is 23.0. The highest BCUT2D eigenvalue weighted by Gasteiger charge is 2.53. The predicted octanol–water partition coefficient (Wildman–Crippen LogP) is 9.07. The lowest BCUT2D eigenvalue weighted by atomic mass is 9.97. The molecular formula is C43H67FN5O8P. The van der Waals surface area contributed by atoms with Crippen LogP contribution in [0.25, 0.3) is 5.52 Å². The topological polar surface area (TPSA) is 195 Å². The van der Waals surface area contributed by atoms with Crippen molar-refractivity contribution in [1.82, 2.24) is 14.6 Å². The minimum Gasteiger partial charge on any atom is -0.387 e. The van der Waals surface area contributed by atoms with Crippen LogP contribution >= 0.6 is 7.82 Å². The lowest BCUT2D eigenvalue weighted by molar-refractivity contribution is -0.100. The van der Waals surface area contributed by atoms with Crippen molar-refractivity contribution >= 4 is 19.2 Å². The fourth-order valence-electron chi connectivity index (χ4n) is 7.62. The molecule has 3 aromatic rings. The Morgan fingerprint density at radius 2 is 1.55 bits per heavy atom. The molecule has 0 radical (unpaired) electrons. The number of benzene rings is 1. The molecule has 6 atom stereocenters. The van der Waals surface area contributed by atoms with E-state index < -0.39 is 50.3 Å². The number of fused-ring (bicyclic) bond motifs is 1. The molecule has 324 valence electrons. The first-order chi connectivity index (χ1) is 28.0. The molecule has 58 heavy (non-hydrogen) atoms. The van der Waals surface area contributed by atoms with Crippen molar-refractivity contribution < 1.29 is 42.6 Å². The molecule has 2 aromatic heterocycles. The molecule has 1 fully saturated rings. The van der Waals surface area contributed by atoms with Crippen molar-refractivity contribution in [3.05, 3.63) is 59.3 Å². The second-order valence-corrected chi connectivity index (χ2v) is 17.5. The summed E-state index contributed by atoms with van der Waals surface area (Å²) >= 11 is 0. The van der Waals surface area contributed by atoms with Crippen LogP contribution in [-0.2, 0) is 29.5 Å². The molecule has 0 aliphatic carbocycles. The lowest BCUT2D eigenvalue weighted by Gasteiger charge is -2.28. The Morgan fingerprint density at radius 3 is 2.16 bits per heavy atom. The number of halogens is 1. The number of unbranched alkanes of at least 4 members (excludes halogenated alkanes) is 17. The van der Waals surface area contributed by atoms with Gasteiger partial charge in [0.05, 0.1) is 43.3 Å². The van der Waals surface area contributed by atoms with Gasteiger partial charge in [0.1, 0.15) is 41.6 Å². The van der Waals surface area contributed by atoms with Gasteiger partial charge >= 0.3 is 7.82 Å². The standard InChI is InChI=1S/C43H67FN5O8P/c1-3-4-5-6-7-8-9-10-11-12-13-14-15-16-17-18-19-20-21-36(54-25-24-33-26-34(29-45)28-35(44)27-33)30-55-58(52,53)56-31-43(2)41(51)39(50)40(57-43)37-22-23-38-42(46)47-32-48-49(37)38/h22-23,26-28,32,36,39-41,50-51H,3-21,24-25,30-31H2,1-2H3,(H,52,53)(H2,46,47,48)/t36-,39+,40+,41+,43-/m1/s1. The second-order valence-electron chi connectivity index (χ2n) is 16.0. The highest BCUT2D eigenvalue weighted by atomic mass is 31.2. The van der Waals surface area contributed by atoms with E-state index in [2.05, 4.69) is 17.0 Å². The van der Waals surface area contributed by atoms with Crippen LogP contribution in [0, 0.1) is 17.1 Å². The van der Waals surface area contributed by atoms with Crippen molar-refractivity contribution in [2.45, 2.75) is 172 Å². The van der Waals surface area contributed by atoms with Gasteiger partial charge in [-0.05, 0) is 55.7 Å². The van der Waals surface area contributed by atoms with Crippen molar-refractivity contribution in [3.8, 4) is 6.07 Å². The summed E-state index contributed by atoms with van der Waals surface area (Å²) in [5.41, 5.74) is 6.08. The van der Waals surface area contributed by atoms with E-state index in [1.54, 1.807) is 18.2 Å². The summed E-state index contributed by atoms with van der Waals surface area (Å²) in [4.78, 5) is 14.6. The summed E-state index contributed by atoms with van der Waals surface area (Å²) < 4.78 is 51.4. The van der Waals surface area contributed by atoms with Crippen LogP contribution in [0.2, 0.25) is 0 Å². The van der Waals surface area contributed by atoms with E-state index in [0.29, 0.717) is 29.6 Å². The lowest BCUT2D eigenvalue weighted by Crippen LogP contribution is -2.44. The van der Waals surface area contributed by atoms with Gasteiger partial charge in [0.25, 0.3) is 0 Å². The average Bonchev–Trinajstić information content (AvgIpc) is 3.73. The summed E-state index contributed by atoms with van der Waals surface area (Å²) in [6.45, 7) is 3.09. The fourth-order valence-corrected chi connectivity index (χ4v) is 8.46. The molecule has 4 rings (SSSR count). The number of aliphatic hydroxyl groups is 2. The molecule has 15 heteroatoms. The molecule has 3 heterocycles. The zero-order valence-corrected chi connectivity index (χ0v) is 35.5. The van der Waals surface area contributed by atoms with E-state index in [0.717, 1.165) is 25.7 Å². The number of ether oxygens (including phenoxy) is 2. The van der Waals surface area contributed by atoms with Gasteiger partial charge in [-0.25, -0.2) is 18.5 Å². The molecule has 0 amide bonds. The maximum Gasteiger partial charge on any atom is 0.472 e. The Bertz CT molecular complexity index is 1740. The third kappa shape index (κ3) is 15.6. The maximum atomic E-state index is 14.0. The zero-order chi connectivity index (χ0) is 41.8. The smallest absolute Gasteiger partial charge is 0.387 e. The van der Waals surface area contributed by atoms with Gasteiger partial charge in [-0.1, -0.05) is 122 Å². The molecular weight excluding hydrogens is 764 g/mol. The van der Waals surface area contributed by atoms with Crippen LogP contribution < -0.4 is 5.73 Å². The number of anilines is 1. The number of aromatic nitrogens is 3. The zero-order valence-electron chi connectivity index (χ0n) is 34.6. The molecule has 0 spiro atoms. The molecule has 5 N–H and O–H groups in total. The third-order valence-electron chi connectivity index (χ3n) is 11.1. The number of rotatable bonds is 30. The number of hydrogen-bond acceptors (Lipinski definition) is 11. The number of nitrogens with zero attached hydrogens (tertiary/aromatic N) is 4. The number of nitrogens with two attached hydrogens (primary N) is 1. The van der Waals surface area contributed by atoms with E-state index in [1.807, 2.05) is 6.07 Å². The van der Waals surface area contributed by atoms with E-state index in [1.165, 1.54) is 120 Å². The van der Waals surface area contributed by atoms with Gasteiger partial charge in [-0.2, -0.15) is 10.4 Å². The Hall–Kier alpha value is -2.99. The molecule has 1 saturated heterocycles. The summed E-state index contributed by atoms with van der Waals surface area (Å²) in [5, 5.41) is 35.3. The minimum absolute atomic E-state index is 0.181. The van der Waals surface area contributed by atoms with Gasteiger partial charge < -0.3 is 30.3 Å². The second kappa shape index (κ2) is 24.9. The van der Waals surface area contributed by atoms with Crippen LogP contribution in [0.5, 0.6) is 0 Å². The summed E-state index contributed by atoms with van der Waals surface area (Å²) in [6.07, 6.45) is 20.5. The molecule has 1 aliphatic rings. The quantitative estimate of drug-likeness (QED) is 0.0368. The van der Waals surface area contributed by atoms with Gasteiger partial charge in [-0.15, -0.1) is 0 Å². The Kier molecular flexibility index (Phi) is 20.5. The highest BCUT2D eigenvalue weighted by molar-refractivity contribution is 7.47. The van der Waals surface area contributed by atoms with Crippen LogP contribution in [0.3, 0.4) is 0 Å². The van der Waals surface area contributed by atoms with Gasteiger partial charge in [0, 0.05) is 0 Å². The molecule has 1 aliphatic heterocycles. The SMILES string of the molecule is CCCCCCCCCCCCCCCCCCCC[C@H](COP(=O)(O)OC[C@@]1(C)O[C@@H](c2ccc3c(N)ncnn23)[C@H](O)[C@@H]1O)OCCc1cc(F)cc(C#N)c1. The highest BCUT2D eigenvalue weighted by Crippen LogP contribution is 2.48. The number of hydrogen-bond donors (Lipinski definition) is 4. The Balaban J connectivity index is 1.18. The van der Waals surface area contributed by atoms with Crippen LogP contribution in [0.4, 0.5) is 10.2 Å². The van der Waals surface area contributed by atoms with E-state index in [4.69, 9.17) is 24.3 Å². The van der Waals surface area contributed by atoms with Crippen molar-refractivity contribution in [3.63, 3.8) is 0 Å². The number of nitriles is 1. The van der Waals surface area contributed by atoms with E-state index in [-0.39, 0.29) is 24.6 Å². The van der Waals surface area contributed by atoms with Gasteiger partial charge in [0.15, 0.2) is 5.82 Å². The van der Waals surface area contributed by atoms with Crippen molar-refractivity contribution in [2.75, 3.05) is 25.6 Å². The van der Waals surface area contributed by atoms with Crippen molar-refractivity contribution in [2.24, 2.45) is 0 Å². The third-order valence-corrected chi connectivity index (χ3v) is 12.0. The van der Waals surface area contributed by atoms with Gasteiger partial charge in [-0.3, -0.25) is 9.05 Å². The minimum atomic E-state index is -4.68. The molecule has 13 nitrogen and oxygen atoms in total. The largest absolute Gasteiger partial charge is 0.472 e. The Labute approximate surface area is 344 Å². The molecule has 0 saturated carbocycles. The van der Waals surface area contributed by atoms with Crippen LogP contribution in [-0.4, -0.2) is 73.4 Å². The number of aliphatic hydroxyl groups excluding tert-OH is 2. The number of phosphoric acid groups is 1. The Morgan fingerprint density at radius 1 is 0.948 bits per heavy atom. The number of phosphoric ester groups is 1. The fraction of sp³-hybridized carbons (Fsp3) is 0.698. The monoisotopic (exact) mass is 831 g/mol. The maximum absolute atomic E-state index is 14.0. The summed E-state index contributed by atoms with van der Waals surface area (Å²) in [6, 6.07) is 9.39. The van der Waals surface area contributed by atoms with E-state index in [9.17, 15) is 29.3 Å². The average molecular weight is 832 g/mol. The summed E-state index contributed by atoms with van der Waals surface area (Å²) in [5.74, 6) is -0.279. The van der Waals surface area contributed by atoms with Crippen molar-refractivity contribution in [1.29, 1.82) is 5.26 Å². The summed E-state index contributed by atoms with van der Waals surface area (Å²) in [7, 11) is -4.68. The molecule has 0 bridgehead atoms. The first kappa shape index (κ1) is 47.7. The predicted molar refractivity (Wildman–Crippen MR) is 221 cm³/mol. The van der Waals surface area contributed by atoms with E-state index >= 15 is 0 Å². The normalized spacial score (nSPS) is 21.0. The first-order valence-electron chi connectivity index (χ1n) is 21.5. The number of nitrogen functional groups attached to an aromatic ring is 1. The van der Waals surface area contributed by atoms with Crippen LogP contribution in [0.15, 0.2) is 36.7 Å². The molecule has 1 unspecified atom stereocenters. The molecule has 1 aromatic carbocycles. The van der Waals surface area contributed by atoms with Crippen LogP contribution in [0.1, 0.15) is 159 Å². The van der Waals surface area contributed by atoms with Gasteiger partial charge in [0.2, 0.25) is 0 Å².